The maximum atomic E-state index is 13.6. The molecule has 33 heavy (non-hydrogen) atoms. The monoisotopic (exact) mass is 482 g/mol. The van der Waals surface area contributed by atoms with Gasteiger partial charge in [-0.1, -0.05) is 26.0 Å². The van der Waals surface area contributed by atoms with E-state index in [1.54, 1.807) is 43.6 Å². The number of halogens is 1. The summed E-state index contributed by atoms with van der Waals surface area (Å²) in [6.45, 7) is 3.19. The maximum absolute atomic E-state index is 13.6. The molecular formula is C23H31FN2O6S. The van der Waals surface area contributed by atoms with Crippen molar-refractivity contribution >= 4 is 15.9 Å². The minimum absolute atomic E-state index is 0.0297. The highest BCUT2D eigenvalue weighted by Crippen LogP contribution is 2.27. The number of hydrogen-bond donors (Lipinski definition) is 2. The number of sulfonamides is 1. The minimum atomic E-state index is -4.15. The summed E-state index contributed by atoms with van der Waals surface area (Å²) in [7, 11) is -2.64. The molecule has 1 unspecified atom stereocenters. The number of carbonyl (C=O) groups is 1. The number of carbonyl (C=O) groups excluding carboxylic acids is 1. The van der Waals surface area contributed by atoms with Gasteiger partial charge in [-0.3, -0.25) is 14.4 Å². The van der Waals surface area contributed by atoms with E-state index in [9.17, 15) is 22.8 Å². The number of methoxy groups -OCH3 is 1. The molecular weight excluding hydrogens is 451 g/mol. The van der Waals surface area contributed by atoms with Crippen LogP contribution in [0.2, 0.25) is 0 Å². The van der Waals surface area contributed by atoms with Crippen molar-refractivity contribution in [3.05, 3.63) is 54.1 Å². The van der Waals surface area contributed by atoms with E-state index in [4.69, 9.17) is 9.47 Å². The number of ether oxygens (including phenoxy) is 2. The third kappa shape index (κ3) is 7.15. The number of rotatable bonds is 13. The topological polar surface area (TPSA) is 105 Å². The van der Waals surface area contributed by atoms with Gasteiger partial charge in [-0.15, -0.1) is 0 Å². The van der Waals surface area contributed by atoms with Gasteiger partial charge >= 0.3 is 0 Å². The molecule has 2 aromatic rings. The number of benzene rings is 2. The molecule has 10 heteroatoms. The van der Waals surface area contributed by atoms with Crippen molar-refractivity contribution in [2.24, 2.45) is 5.92 Å². The number of unbranched alkanes of at least 4 members (excludes halogenated alkanes) is 1. The molecule has 0 saturated heterocycles. The summed E-state index contributed by atoms with van der Waals surface area (Å²) < 4.78 is 51.2. The van der Waals surface area contributed by atoms with Crippen molar-refractivity contribution in [2.45, 2.75) is 44.2 Å². The second kappa shape index (κ2) is 12.5. The normalized spacial score (nSPS) is 12.6. The van der Waals surface area contributed by atoms with Gasteiger partial charge in [-0.05, 0) is 60.7 Å². The maximum Gasteiger partial charge on any atom is 0.262 e. The first-order valence-electron chi connectivity index (χ1n) is 10.6. The fourth-order valence-corrected chi connectivity index (χ4v) is 5.05. The van der Waals surface area contributed by atoms with E-state index >= 15 is 0 Å². The fraction of sp³-hybridized carbons (Fsp3) is 0.435. The van der Waals surface area contributed by atoms with E-state index in [1.165, 1.54) is 31.4 Å². The zero-order valence-corrected chi connectivity index (χ0v) is 19.8. The Hall–Kier alpha value is -2.69. The van der Waals surface area contributed by atoms with Gasteiger partial charge in [0.25, 0.3) is 5.91 Å². The van der Waals surface area contributed by atoms with Crippen molar-refractivity contribution in [2.75, 3.05) is 20.4 Å². The average molecular weight is 483 g/mol. The van der Waals surface area contributed by atoms with E-state index in [0.29, 0.717) is 36.5 Å². The molecule has 0 bridgehead atoms. The highest BCUT2D eigenvalue weighted by molar-refractivity contribution is 7.89. The number of alkyl halides is 1. The largest absolute Gasteiger partial charge is 0.497 e. The molecule has 0 aliphatic rings. The van der Waals surface area contributed by atoms with Crippen LogP contribution in [0.5, 0.6) is 11.5 Å². The number of hydroxylamine groups is 1. The highest BCUT2D eigenvalue weighted by Gasteiger charge is 2.38. The van der Waals surface area contributed by atoms with Gasteiger partial charge in [0.15, 0.2) is 0 Å². The molecule has 1 amide bonds. The van der Waals surface area contributed by atoms with Crippen LogP contribution in [0.25, 0.3) is 0 Å². The molecule has 1 atom stereocenters. The molecule has 0 saturated carbocycles. The predicted octanol–water partition coefficient (Wildman–Crippen LogP) is 3.54. The van der Waals surface area contributed by atoms with Gasteiger partial charge in [0.1, 0.15) is 17.5 Å². The van der Waals surface area contributed by atoms with Crippen molar-refractivity contribution < 1.29 is 32.3 Å². The quantitative estimate of drug-likeness (QED) is 0.257. The number of hydrogen-bond acceptors (Lipinski definition) is 6. The van der Waals surface area contributed by atoms with Gasteiger partial charge < -0.3 is 9.47 Å². The molecule has 2 rings (SSSR count). The Labute approximate surface area is 194 Å². The minimum Gasteiger partial charge on any atom is -0.497 e. The SMILES string of the molecule is COc1cccc(CN(C(C(=O)NO)C(C)C)S(=O)(=O)c2ccc(OCCCCF)cc2)c1. The summed E-state index contributed by atoms with van der Waals surface area (Å²) in [5, 5.41) is 9.26. The van der Waals surface area contributed by atoms with E-state index < -0.39 is 34.6 Å². The zero-order chi connectivity index (χ0) is 24.4. The van der Waals surface area contributed by atoms with Crippen molar-refractivity contribution in [3.8, 4) is 11.5 Å². The summed E-state index contributed by atoms with van der Waals surface area (Å²) in [6, 6.07) is 11.5. The molecule has 2 N–H and O–H groups in total. The molecule has 2 aromatic carbocycles. The van der Waals surface area contributed by atoms with Gasteiger partial charge in [0.2, 0.25) is 10.0 Å². The van der Waals surface area contributed by atoms with Gasteiger partial charge in [-0.2, -0.15) is 4.31 Å². The molecule has 0 radical (unpaired) electrons. The average Bonchev–Trinajstić information content (AvgIpc) is 2.81. The second-order valence-corrected chi connectivity index (χ2v) is 9.67. The van der Waals surface area contributed by atoms with E-state index in [0.717, 1.165) is 4.31 Å². The lowest BCUT2D eigenvalue weighted by atomic mass is 10.0. The van der Waals surface area contributed by atoms with Gasteiger partial charge in [0, 0.05) is 6.54 Å². The van der Waals surface area contributed by atoms with Gasteiger partial charge in [-0.25, -0.2) is 13.9 Å². The first-order valence-corrected chi connectivity index (χ1v) is 12.1. The number of amides is 1. The van der Waals surface area contributed by atoms with Crippen LogP contribution in [-0.4, -0.2) is 50.3 Å². The molecule has 8 nitrogen and oxygen atoms in total. The van der Waals surface area contributed by atoms with Crippen LogP contribution in [0.1, 0.15) is 32.3 Å². The van der Waals surface area contributed by atoms with E-state index in [1.807, 2.05) is 0 Å². The lowest BCUT2D eigenvalue weighted by molar-refractivity contribution is -0.134. The van der Waals surface area contributed by atoms with Crippen molar-refractivity contribution in [3.63, 3.8) is 0 Å². The Bertz CT molecular complexity index is 998. The smallest absolute Gasteiger partial charge is 0.262 e. The van der Waals surface area contributed by atoms with Gasteiger partial charge in [0.05, 0.1) is 25.3 Å². The van der Waals surface area contributed by atoms with E-state index in [-0.39, 0.29) is 11.4 Å². The van der Waals surface area contributed by atoms with Crippen LogP contribution in [0.15, 0.2) is 53.4 Å². The first kappa shape index (κ1) is 26.6. The third-order valence-electron chi connectivity index (χ3n) is 5.02. The van der Waals surface area contributed by atoms with Crippen LogP contribution >= 0.6 is 0 Å². The van der Waals surface area contributed by atoms with Crippen molar-refractivity contribution in [1.29, 1.82) is 0 Å². The standard InChI is InChI=1S/C23H31FN2O6S/c1-17(2)22(23(27)25-28)26(16-18-7-6-8-20(15-18)31-3)33(29,30)21-11-9-19(10-12-21)32-14-5-4-13-24/h6-12,15,17,22,28H,4-5,13-14,16H2,1-3H3,(H,25,27). The molecule has 0 fully saturated rings. The first-order chi connectivity index (χ1) is 15.7. The molecule has 182 valence electrons. The summed E-state index contributed by atoms with van der Waals surface area (Å²) >= 11 is 0. The van der Waals surface area contributed by atoms with Crippen molar-refractivity contribution in [1.82, 2.24) is 9.79 Å². The Morgan fingerprint density at radius 2 is 1.82 bits per heavy atom. The summed E-state index contributed by atoms with van der Waals surface area (Å²) in [4.78, 5) is 12.4. The Morgan fingerprint density at radius 3 is 2.39 bits per heavy atom. The summed E-state index contributed by atoms with van der Waals surface area (Å²) in [6.07, 6.45) is 0.951. The van der Waals surface area contributed by atoms with Crippen LogP contribution < -0.4 is 15.0 Å². The third-order valence-corrected chi connectivity index (χ3v) is 6.86. The lowest BCUT2D eigenvalue weighted by Crippen LogP contribution is -2.51. The Balaban J connectivity index is 2.40. The van der Waals surface area contributed by atoms with Crippen LogP contribution in [0, 0.1) is 5.92 Å². The molecule has 0 heterocycles. The van der Waals surface area contributed by atoms with Crippen LogP contribution in [0.3, 0.4) is 0 Å². The molecule has 0 aliphatic carbocycles. The molecule has 0 aromatic heterocycles. The lowest BCUT2D eigenvalue weighted by Gasteiger charge is -2.32. The molecule has 0 spiro atoms. The second-order valence-electron chi connectivity index (χ2n) is 7.78. The number of nitrogens with one attached hydrogen (secondary N) is 1. The molecule has 0 aliphatic heterocycles. The fourth-order valence-electron chi connectivity index (χ4n) is 3.35. The predicted molar refractivity (Wildman–Crippen MR) is 121 cm³/mol. The van der Waals surface area contributed by atoms with E-state index in [2.05, 4.69) is 0 Å². The van der Waals surface area contributed by atoms with Crippen LogP contribution in [-0.2, 0) is 21.4 Å². The summed E-state index contributed by atoms with van der Waals surface area (Å²) in [5.74, 6) is -0.257. The summed E-state index contributed by atoms with van der Waals surface area (Å²) in [5.41, 5.74) is 2.20. The highest BCUT2D eigenvalue weighted by atomic mass is 32.2. The Kier molecular flexibility index (Phi) is 10.1. The zero-order valence-electron chi connectivity index (χ0n) is 19.0. The van der Waals surface area contributed by atoms with Crippen LogP contribution in [0.4, 0.5) is 4.39 Å². The Morgan fingerprint density at radius 1 is 1.12 bits per heavy atom. The number of nitrogens with zero attached hydrogens (tertiary/aromatic N) is 1.